The third kappa shape index (κ3) is 3.62. The van der Waals surface area contributed by atoms with Gasteiger partial charge in [0.25, 0.3) is 5.91 Å². The Balaban J connectivity index is 2.01. The third-order valence-electron chi connectivity index (χ3n) is 2.63. The van der Waals surface area contributed by atoms with Gasteiger partial charge in [-0.25, -0.2) is 4.68 Å². The standard InChI is InChI=1S/C13H16N4O2/c1-10-2-4-11(5-3-10)8-17-9-12(15-16-17)13(19)14-6-7-18/h2-5,9,18H,6-8H2,1H3,(H,14,19). The number of hydrogen-bond acceptors (Lipinski definition) is 4. The van der Waals surface area contributed by atoms with Gasteiger partial charge in [-0.2, -0.15) is 0 Å². The third-order valence-corrected chi connectivity index (χ3v) is 2.63. The number of amides is 1. The van der Waals surface area contributed by atoms with Crippen LogP contribution < -0.4 is 5.32 Å². The van der Waals surface area contributed by atoms with Crippen LogP contribution in [0.1, 0.15) is 21.6 Å². The van der Waals surface area contributed by atoms with Gasteiger partial charge in [0.1, 0.15) is 0 Å². The van der Waals surface area contributed by atoms with Crippen molar-refractivity contribution in [3.63, 3.8) is 0 Å². The van der Waals surface area contributed by atoms with Crippen LogP contribution in [0.5, 0.6) is 0 Å². The van der Waals surface area contributed by atoms with Gasteiger partial charge in [0.15, 0.2) is 5.69 Å². The Morgan fingerprint density at radius 2 is 2.11 bits per heavy atom. The van der Waals surface area contributed by atoms with Crippen molar-refractivity contribution in [2.24, 2.45) is 0 Å². The molecule has 6 heteroatoms. The Bertz CT molecular complexity index is 548. The Morgan fingerprint density at radius 1 is 1.37 bits per heavy atom. The molecule has 2 N–H and O–H groups in total. The van der Waals surface area contributed by atoms with E-state index >= 15 is 0 Å². The van der Waals surface area contributed by atoms with E-state index in [1.807, 2.05) is 31.2 Å². The minimum Gasteiger partial charge on any atom is -0.395 e. The number of aryl methyl sites for hydroxylation is 1. The molecular formula is C13H16N4O2. The molecule has 2 rings (SSSR count). The second-order valence-corrected chi connectivity index (χ2v) is 4.27. The SMILES string of the molecule is Cc1ccc(Cn2cc(C(=O)NCCO)nn2)cc1. The highest BCUT2D eigenvalue weighted by molar-refractivity contribution is 5.91. The molecule has 0 fully saturated rings. The fourth-order valence-electron chi connectivity index (χ4n) is 1.62. The van der Waals surface area contributed by atoms with Crippen molar-refractivity contribution in [3.8, 4) is 0 Å². The van der Waals surface area contributed by atoms with Gasteiger partial charge in [-0.1, -0.05) is 35.0 Å². The van der Waals surface area contributed by atoms with E-state index < -0.39 is 0 Å². The molecule has 1 amide bonds. The van der Waals surface area contributed by atoms with Gasteiger partial charge in [-0.3, -0.25) is 4.79 Å². The largest absolute Gasteiger partial charge is 0.395 e. The molecule has 2 aromatic rings. The van der Waals surface area contributed by atoms with Gasteiger partial charge in [0.2, 0.25) is 0 Å². The second-order valence-electron chi connectivity index (χ2n) is 4.27. The summed E-state index contributed by atoms with van der Waals surface area (Å²) in [5.41, 5.74) is 2.55. The zero-order chi connectivity index (χ0) is 13.7. The molecule has 0 saturated heterocycles. The van der Waals surface area contributed by atoms with Crippen molar-refractivity contribution in [2.75, 3.05) is 13.2 Å². The van der Waals surface area contributed by atoms with Gasteiger partial charge in [-0.15, -0.1) is 5.10 Å². The molecule has 0 unspecified atom stereocenters. The van der Waals surface area contributed by atoms with Crippen LogP contribution >= 0.6 is 0 Å². The predicted molar refractivity (Wildman–Crippen MR) is 69.7 cm³/mol. The minimum atomic E-state index is -0.329. The van der Waals surface area contributed by atoms with Crippen LogP contribution in [0.2, 0.25) is 0 Å². The van der Waals surface area contributed by atoms with Crippen molar-refractivity contribution >= 4 is 5.91 Å². The van der Waals surface area contributed by atoms with Gasteiger partial charge in [0, 0.05) is 6.54 Å². The molecule has 0 aliphatic rings. The minimum absolute atomic E-state index is 0.0940. The van der Waals surface area contributed by atoms with E-state index in [-0.39, 0.29) is 24.8 Å². The number of aromatic nitrogens is 3. The summed E-state index contributed by atoms with van der Waals surface area (Å²) in [5.74, 6) is -0.329. The Kier molecular flexibility index (Phi) is 4.25. The number of benzene rings is 1. The molecular weight excluding hydrogens is 244 g/mol. The summed E-state index contributed by atoms with van der Waals surface area (Å²) in [6, 6.07) is 8.09. The number of nitrogens with zero attached hydrogens (tertiary/aromatic N) is 3. The first kappa shape index (κ1) is 13.2. The van der Waals surface area contributed by atoms with Crippen LogP contribution in [0.3, 0.4) is 0 Å². The van der Waals surface area contributed by atoms with Crippen molar-refractivity contribution in [1.29, 1.82) is 0 Å². The van der Waals surface area contributed by atoms with Crippen LogP contribution in [0, 0.1) is 6.92 Å². The van der Waals surface area contributed by atoms with Gasteiger partial charge >= 0.3 is 0 Å². The smallest absolute Gasteiger partial charge is 0.273 e. The van der Waals surface area contributed by atoms with Gasteiger partial charge in [-0.05, 0) is 12.5 Å². The highest BCUT2D eigenvalue weighted by Gasteiger charge is 2.09. The van der Waals surface area contributed by atoms with Crippen molar-refractivity contribution < 1.29 is 9.90 Å². The van der Waals surface area contributed by atoms with Crippen LogP contribution in [0.25, 0.3) is 0 Å². The van der Waals surface area contributed by atoms with E-state index in [0.717, 1.165) is 5.56 Å². The summed E-state index contributed by atoms with van der Waals surface area (Å²) < 4.78 is 1.61. The molecule has 1 aromatic carbocycles. The lowest BCUT2D eigenvalue weighted by molar-refractivity contribution is 0.0939. The number of carbonyl (C=O) groups is 1. The molecule has 19 heavy (non-hydrogen) atoms. The molecule has 1 heterocycles. The lowest BCUT2D eigenvalue weighted by Gasteiger charge is -2.01. The number of hydrogen-bond donors (Lipinski definition) is 2. The Hall–Kier alpha value is -2.21. The van der Waals surface area contributed by atoms with Crippen molar-refractivity contribution in [2.45, 2.75) is 13.5 Å². The maximum atomic E-state index is 11.6. The molecule has 0 aliphatic heterocycles. The lowest BCUT2D eigenvalue weighted by atomic mass is 10.1. The summed E-state index contributed by atoms with van der Waals surface area (Å²) >= 11 is 0. The Labute approximate surface area is 111 Å². The summed E-state index contributed by atoms with van der Waals surface area (Å²) in [5, 5.41) is 18.9. The first-order valence-electron chi connectivity index (χ1n) is 6.04. The first-order valence-corrected chi connectivity index (χ1v) is 6.04. The molecule has 0 atom stereocenters. The summed E-state index contributed by atoms with van der Waals surface area (Å²) in [6.07, 6.45) is 1.59. The van der Waals surface area contributed by atoms with Crippen molar-refractivity contribution in [1.82, 2.24) is 20.3 Å². The van der Waals surface area contributed by atoms with Gasteiger partial charge < -0.3 is 10.4 Å². The van der Waals surface area contributed by atoms with Crippen LogP contribution in [-0.4, -0.2) is 39.2 Å². The average molecular weight is 260 g/mol. The quantitative estimate of drug-likeness (QED) is 0.813. The molecule has 6 nitrogen and oxygen atoms in total. The van der Waals surface area contributed by atoms with E-state index in [4.69, 9.17) is 5.11 Å². The fraction of sp³-hybridized carbons (Fsp3) is 0.308. The summed E-state index contributed by atoms with van der Waals surface area (Å²) in [6.45, 7) is 2.72. The second kappa shape index (κ2) is 6.10. The Morgan fingerprint density at radius 3 is 2.79 bits per heavy atom. The maximum absolute atomic E-state index is 11.6. The zero-order valence-electron chi connectivity index (χ0n) is 10.7. The molecule has 0 aliphatic carbocycles. The molecule has 100 valence electrons. The number of aliphatic hydroxyl groups is 1. The molecule has 1 aromatic heterocycles. The van der Waals surface area contributed by atoms with E-state index in [9.17, 15) is 4.79 Å². The maximum Gasteiger partial charge on any atom is 0.273 e. The number of rotatable bonds is 5. The zero-order valence-corrected chi connectivity index (χ0v) is 10.7. The van der Waals surface area contributed by atoms with Crippen LogP contribution in [0.4, 0.5) is 0 Å². The van der Waals surface area contributed by atoms with E-state index in [1.165, 1.54) is 5.56 Å². The number of carbonyl (C=O) groups excluding carboxylic acids is 1. The molecule has 0 spiro atoms. The van der Waals surface area contributed by atoms with Crippen molar-refractivity contribution in [3.05, 3.63) is 47.3 Å². The number of nitrogens with one attached hydrogen (secondary N) is 1. The normalized spacial score (nSPS) is 10.4. The van der Waals surface area contributed by atoms with E-state index in [0.29, 0.717) is 6.54 Å². The van der Waals surface area contributed by atoms with E-state index in [2.05, 4.69) is 15.6 Å². The van der Waals surface area contributed by atoms with E-state index in [1.54, 1.807) is 10.9 Å². The fourth-order valence-corrected chi connectivity index (χ4v) is 1.62. The molecule has 0 saturated carbocycles. The molecule has 0 bridgehead atoms. The topological polar surface area (TPSA) is 80.0 Å². The number of aliphatic hydroxyl groups excluding tert-OH is 1. The highest BCUT2D eigenvalue weighted by Crippen LogP contribution is 2.05. The molecule has 0 radical (unpaired) electrons. The van der Waals surface area contributed by atoms with Crippen LogP contribution in [0.15, 0.2) is 30.5 Å². The average Bonchev–Trinajstić information content (AvgIpc) is 2.87. The van der Waals surface area contributed by atoms with Crippen LogP contribution in [-0.2, 0) is 6.54 Å². The van der Waals surface area contributed by atoms with Gasteiger partial charge in [0.05, 0.1) is 19.3 Å². The lowest BCUT2D eigenvalue weighted by Crippen LogP contribution is -2.26. The monoisotopic (exact) mass is 260 g/mol. The highest BCUT2D eigenvalue weighted by atomic mass is 16.3. The first-order chi connectivity index (χ1) is 9.19. The predicted octanol–water partition coefficient (Wildman–Crippen LogP) is 0.357. The summed E-state index contributed by atoms with van der Waals surface area (Å²) in [4.78, 5) is 11.6. The summed E-state index contributed by atoms with van der Waals surface area (Å²) in [7, 11) is 0.